The predicted octanol–water partition coefficient (Wildman–Crippen LogP) is 1.80. The van der Waals surface area contributed by atoms with Crippen LogP contribution in [0.1, 0.15) is 80.4 Å². The van der Waals surface area contributed by atoms with Crippen LogP contribution in [0.25, 0.3) is 0 Å². The number of unbranched alkanes of at least 4 members (excludes halogenated alkanes) is 7. The molecule has 0 saturated heterocycles. The SMILES string of the molecule is CCCCCCCCCCOC(=O)c1ccccc1C(=O)O.[H-].[Na+]. The molecule has 0 unspecified atom stereocenters. The topological polar surface area (TPSA) is 63.6 Å². The van der Waals surface area contributed by atoms with Gasteiger partial charge in [-0.2, -0.15) is 0 Å². The van der Waals surface area contributed by atoms with E-state index in [1.54, 1.807) is 12.1 Å². The van der Waals surface area contributed by atoms with Crippen LogP contribution in [-0.2, 0) is 4.74 Å². The van der Waals surface area contributed by atoms with Gasteiger partial charge in [-0.1, -0.05) is 64.0 Å². The van der Waals surface area contributed by atoms with Gasteiger partial charge in [0.2, 0.25) is 0 Å². The Morgan fingerprint density at radius 1 is 0.957 bits per heavy atom. The van der Waals surface area contributed by atoms with Crippen molar-refractivity contribution in [2.24, 2.45) is 0 Å². The molecule has 0 fully saturated rings. The molecule has 1 aromatic rings. The molecule has 0 saturated carbocycles. The molecule has 0 atom stereocenters. The largest absolute Gasteiger partial charge is 1.00 e. The summed E-state index contributed by atoms with van der Waals surface area (Å²) in [6, 6.07) is 6.13. The number of carboxylic acid groups (broad SMARTS) is 1. The fourth-order valence-corrected chi connectivity index (χ4v) is 2.33. The van der Waals surface area contributed by atoms with Gasteiger partial charge in [-0.15, -0.1) is 0 Å². The summed E-state index contributed by atoms with van der Waals surface area (Å²) in [5.41, 5.74) is 0.109. The van der Waals surface area contributed by atoms with Crippen molar-refractivity contribution in [3.63, 3.8) is 0 Å². The fourth-order valence-electron chi connectivity index (χ4n) is 2.33. The Labute approximate surface area is 162 Å². The van der Waals surface area contributed by atoms with Gasteiger partial charge < -0.3 is 11.3 Å². The summed E-state index contributed by atoms with van der Waals surface area (Å²) >= 11 is 0. The van der Waals surface area contributed by atoms with E-state index in [4.69, 9.17) is 9.84 Å². The Morgan fingerprint density at radius 3 is 2.04 bits per heavy atom. The van der Waals surface area contributed by atoms with E-state index in [2.05, 4.69) is 6.92 Å². The number of hydrogen-bond donors (Lipinski definition) is 1. The number of carboxylic acids is 1. The summed E-state index contributed by atoms with van der Waals surface area (Å²) in [5, 5.41) is 9.04. The van der Waals surface area contributed by atoms with Gasteiger partial charge in [0.25, 0.3) is 0 Å². The molecular formula is C18H27NaO4. The summed E-state index contributed by atoms with van der Waals surface area (Å²) < 4.78 is 5.16. The van der Waals surface area contributed by atoms with E-state index in [-0.39, 0.29) is 42.1 Å². The maximum atomic E-state index is 11.9. The molecule has 23 heavy (non-hydrogen) atoms. The number of ether oxygens (including phenoxy) is 1. The van der Waals surface area contributed by atoms with Gasteiger partial charge in [-0.25, -0.2) is 9.59 Å². The van der Waals surface area contributed by atoms with E-state index in [1.165, 1.54) is 44.2 Å². The van der Waals surface area contributed by atoms with Crippen molar-refractivity contribution < 1.29 is 50.4 Å². The second-order valence-electron chi connectivity index (χ2n) is 5.46. The first-order valence-corrected chi connectivity index (χ1v) is 8.16. The summed E-state index contributed by atoms with van der Waals surface area (Å²) in [6.45, 7) is 2.55. The minimum absolute atomic E-state index is 0. The molecule has 124 valence electrons. The van der Waals surface area contributed by atoms with E-state index in [0.717, 1.165) is 19.3 Å². The Kier molecular flexibility index (Phi) is 13.1. The molecule has 0 aliphatic rings. The average molecular weight is 330 g/mol. The van der Waals surface area contributed by atoms with Crippen LogP contribution in [0.15, 0.2) is 24.3 Å². The first-order chi connectivity index (χ1) is 10.7. The summed E-state index contributed by atoms with van der Waals surface area (Å²) in [6.07, 6.45) is 9.41. The van der Waals surface area contributed by atoms with Crippen molar-refractivity contribution in [3.8, 4) is 0 Å². The maximum absolute atomic E-state index is 11.9. The first-order valence-electron chi connectivity index (χ1n) is 8.16. The van der Waals surface area contributed by atoms with Crippen LogP contribution in [0, 0.1) is 0 Å². The van der Waals surface area contributed by atoms with E-state index in [9.17, 15) is 9.59 Å². The standard InChI is InChI=1S/C18H26O4.Na.H/c1-2-3-4-5-6-7-8-11-14-22-18(21)16-13-10-9-12-15(16)17(19)20;;/h9-10,12-13H,2-8,11,14H2,1H3,(H,19,20);;/q;+1;-1. The van der Waals surface area contributed by atoms with Crippen LogP contribution < -0.4 is 29.6 Å². The second-order valence-corrected chi connectivity index (χ2v) is 5.46. The van der Waals surface area contributed by atoms with Gasteiger partial charge in [0, 0.05) is 0 Å². The molecule has 0 radical (unpaired) electrons. The Hall–Kier alpha value is -0.840. The number of aromatic carboxylic acids is 1. The number of carbonyl (C=O) groups excluding carboxylic acids is 1. The van der Waals surface area contributed by atoms with Gasteiger partial charge in [0.1, 0.15) is 0 Å². The smallest absolute Gasteiger partial charge is 1.00 e. The van der Waals surface area contributed by atoms with Gasteiger partial charge >= 0.3 is 41.5 Å². The second kappa shape index (κ2) is 13.6. The fraction of sp³-hybridized carbons (Fsp3) is 0.556. The van der Waals surface area contributed by atoms with Gasteiger partial charge in [0.15, 0.2) is 0 Å². The Balaban J connectivity index is 0. The van der Waals surface area contributed by atoms with Crippen LogP contribution in [0.5, 0.6) is 0 Å². The molecule has 0 aromatic heterocycles. The zero-order valence-corrected chi connectivity index (χ0v) is 16.3. The average Bonchev–Trinajstić information content (AvgIpc) is 2.53. The van der Waals surface area contributed by atoms with E-state index >= 15 is 0 Å². The van der Waals surface area contributed by atoms with E-state index in [0.29, 0.717) is 6.61 Å². The molecule has 1 N–H and O–H groups in total. The molecule has 0 heterocycles. The Morgan fingerprint density at radius 2 is 1.48 bits per heavy atom. The minimum Gasteiger partial charge on any atom is -1.00 e. The van der Waals surface area contributed by atoms with Crippen molar-refractivity contribution in [1.29, 1.82) is 0 Å². The molecule has 0 spiro atoms. The molecule has 0 bridgehead atoms. The van der Waals surface area contributed by atoms with Crippen LogP contribution >= 0.6 is 0 Å². The normalized spacial score (nSPS) is 9.96. The van der Waals surface area contributed by atoms with Gasteiger partial charge in [-0.3, -0.25) is 0 Å². The predicted molar refractivity (Wildman–Crippen MR) is 87.4 cm³/mol. The number of rotatable bonds is 11. The summed E-state index contributed by atoms with van der Waals surface area (Å²) in [7, 11) is 0. The van der Waals surface area contributed by atoms with Crippen molar-refractivity contribution in [2.45, 2.75) is 58.3 Å². The zero-order valence-electron chi connectivity index (χ0n) is 15.3. The molecule has 0 aliphatic carbocycles. The third-order valence-electron chi connectivity index (χ3n) is 3.61. The van der Waals surface area contributed by atoms with Gasteiger partial charge in [-0.05, 0) is 18.6 Å². The molecule has 5 heteroatoms. The van der Waals surface area contributed by atoms with Crippen molar-refractivity contribution >= 4 is 11.9 Å². The first kappa shape index (κ1) is 22.2. The molecule has 1 rings (SSSR count). The number of esters is 1. The van der Waals surface area contributed by atoms with E-state index in [1.807, 2.05) is 0 Å². The van der Waals surface area contributed by atoms with Crippen molar-refractivity contribution in [1.82, 2.24) is 0 Å². The van der Waals surface area contributed by atoms with Crippen molar-refractivity contribution in [3.05, 3.63) is 35.4 Å². The van der Waals surface area contributed by atoms with Crippen molar-refractivity contribution in [2.75, 3.05) is 6.61 Å². The molecular weight excluding hydrogens is 303 g/mol. The quantitative estimate of drug-likeness (QED) is 0.382. The molecule has 4 nitrogen and oxygen atoms in total. The third-order valence-corrected chi connectivity index (χ3v) is 3.61. The van der Waals surface area contributed by atoms with Crippen LogP contribution in [0.4, 0.5) is 0 Å². The van der Waals surface area contributed by atoms with Crippen LogP contribution in [0.2, 0.25) is 0 Å². The summed E-state index contributed by atoms with van der Waals surface area (Å²) in [5.74, 6) is -1.67. The van der Waals surface area contributed by atoms with Gasteiger partial charge in [0.05, 0.1) is 17.7 Å². The number of carbonyl (C=O) groups is 2. The summed E-state index contributed by atoms with van der Waals surface area (Å²) in [4.78, 5) is 22.9. The minimum atomic E-state index is -1.11. The Bertz CT molecular complexity index is 480. The monoisotopic (exact) mass is 330 g/mol. The molecule has 0 amide bonds. The van der Waals surface area contributed by atoms with Crippen LogP contribution in [-0.4, -0.2) is 23.7 Å². The van der Waals surface area contributed by atoms with E-state index < -0.39 is 11.9 Å². The molecule has 0 aliphatic heterocycles. The zero-order chi connectivity index (χ0) is 16.2. The maximum Gasteiger partial charge on any atom is 1.00 e. The molecule has 1 aromatic carbocycles. The number of hydrogen-bond acceptors (Lipinski definition) is 3. The number of benzene rings is 1. The third kappa shape index (κ3) is 9.14. The van der Waals surface area contributed by atoms with Crippen LogP contribution in [0.3, 0.4) is 0 Å².